The van der Waals surface area contributed by atoms with Crippen LogP contribution in [-0.4, -0.2) is 18.6 Å². The first-order valence-electron chi connectivity index (χ1n) is 9.93. The van der Waals surface area contributed by atoms with Crippen molar-refractivity contribution in [1.82, 2.24) is 5.32 Å². The Bertz CT molecular complexity index is 932. The van der Waals surface area contributed by atoms with Gasteiger partial charge in [0.1, 0.15) is 0 Å². The molecule has 4 rings (SSSR count). The van der Waals surface area contributed by atoms with Crippen LogP contribution >= 0.6 is 0 Å². The van der Waals surface area contributed by atoms with Crippen LogP contribution in [0.2, 0.25) is 0 Å². The molecule has 1 aliphatic carbocycles. The second-order valence-corrected chi connectivity index (χ2v) is 7.33. The van der Waals surface area contributed by atoms with Gasteiger partial charge in [-0.25, -0.2) is 0 Å². The van der Waals surface area contributed by atoms with E-state index in [1.165, 1.54) is 6.08 Å². The van der Waals surface area contributed by atoms with Gasteiger partial charge in [0.15, 0.2) is 11.5 Å². The predicted octanol–water partition coefficient (Wildman–Crippen LogP) is 3.87. The minimum atomic E-state index is -0.192. The molecule has 0 aromatic heterocycles. The Kier molecular flexibility index (Phi) is 5.79. The van der Waals surface area contributed by atoms with E-state index in [4.69, 9.17) is 9.47 Å². The van der Waals surface area contributed by atoms with E-state index in [-0.39, 0.29) is 24.5 Å². The fraction of sp³-hybridized carbons (Fsp3) is 0.304. The van der Waals surface area contributed by atoms with Crippen LogP contribution in [0.5, 0.6) is 11.5 Å². The molecule has 2 aromatic carbocycles. The number of rotatable bonds is 6. The first kappa shape index (κ1) is 19.1. The molecule has 1 heterocycles. The van der Waals surface area contributed by atoms with E-state index >= 15 is 0 Å². The molecule has 2 aliphatic rings. The molecule has 0 atom stereocenters. The van der Waals surface area contributed by atoms with Crippen molar-refractivity contribution in [2.75, 3.05) is 12.1 Å². The van der Waals surface area contributed by atoms with E-state index in [1.807, 2.05) is 42.5 Å². The van der Waals surface area contributed by atoms with Gasteiger partial charge in [-0.05, 0) is 54.3 Å². The molecule has 29 heavy (non-hydrogen) atoms. The number of fused-ring (bicyclic) bond motifs is 1. The highest BCUT2D eigenvalue weighted by Crippen LogP contribution is 2.32. The Morgan fingerprint density at radius 3 is 2.72 bits per heavy atom. The normalized spacial score (nSPS) is 15.6. The summed E-state index contributed by atoms with van der Waals surface area (Å²) in [6, 6.07) is 13.1. The third kappa shape index (κ3) is 4.96. The highest BCUT2D eigenvalue weighted by atomic mass is 16.7. The van der Waals surface area contributed by atoms with Crippen LogP contribution in [0.25, 0.3) is 6.08 Å². The van der Waals surface area contributed by atoms with Crippen molar-refractivity contribution in [1.29, 1.82) is 0 Å². The molecule has 0 saturated heterocycles. The lowest BCUT2D eigenvalue weighted by molar-refractivity contribution is -0.119. The maximum Gasteiger partial charge on any atom is 0.244 e. The van der Waals surface area contributed by atoms with Crippen LogP contribution in [0, 0.1) is 5.92 Å². The molecule has 2 aromatic rings. The molecule has 0 spiro atoms. The zero-order valence-corrected chi connectivity index (χ0v) is 16.1. The van der Waals surface area contributed by atoms with Gasteiger partial charge in [-0.3, -0.25) is 9.59 Å². The highest BCUT2D eigenvalue weighted by molar-refractivity contribution is 5.93. The summed E-state index contributed by atoms with van der Waals surface area (Å²) in [7, 11) is 0. The second kappa shape index (κ2) is 8.82. The molecule has 1 fully saturated rings. The third-order valence-electron chi connectivity index (χ3n) is 5.21. The summed E-state index contributed by atoms with van der Waals surface area (Å²) < 4.78 is 10.6. The summed E-state index contributed by atoms with van der Waals surface area (Å²) in [5, 5.41) is 5.85. The molecule has 6 nitrogen and oxygen atoms in total. The van der Waals surface area contributed by atoms with Gasteiger partial charge in [0.25, 0.3) is 0 Å². The minimum absolute atomic E-state index is 0.0929. The van der Waals surface area contributed by atoms with Crippen LogP contribution in [-0.2, 0) is 16.1 Å². The van der Waals surface area contributed by atoms with E-state index in [0.717, 1.165) is 42.5 Å². The standard InChI is InChI=1S/C23H24N2O4/c26-22(11-9-16-8-10-20-21(13-16)29-15-28-20)24-14-17-4-3-7-19(12-17)25-23(27)18-5-1-2-6-18/h3-4,7-13,18H,1-2,5-6,14-15H2,(H,24,26)(H,25,27)/b11-9+. The van der Waals surface area contributed by atoms with Gasteiger partial charge in [0, 0.05) is 24.2 Å². The minimum Gasteiger partial charge on any atom is -0.454 e. The fourth-order valence-corrected chi connectivity index (χ4v) is 3.63. The van der Waals surface area contributed by atoms with Crippen molar-refractivity contribution in [3.05, 3.63) is 59.7 Å². The summed E-state index contributed by atoms with van der Waals surface area (Å²) in [4.78, 5) is 24.4. The summed E-state index contributed by atoms with van der Waals surface area (Å²) in [5.41, 5.74) is 2.56. The molecule has 2 N–H and O–H groups in total. The van der Waals surface area contributed by atoms with Crippen molar-refractivity contribution in [3.8, 4) is 11.5 Å². The number of anilines is 1. The molecule has 1 aliphatic heterocycles. The first-order valence-corrected chi connectivity index (χ1v) is 9.93. The SMILES string of the molecule is O=C(/C=C/c1ccc2c(c1)OCO2)NCc1cccc(NC(=O)C2CCCC2)c1. The zero-order chi connectivity index (χ0) is 20.1. The van der Waals surface area contributed by atoms with Gasteiger partial charge < -0.3 is 20.1 Å². The van der Waals surface area contributed by atoms with E-state index in [0.29, 0.717) is 18.0 Å². The number of nitrogens with one attached hydrogen (secondary N) is 2. The van der Waals surface area contributed by atoms with Gasteiger partial charge in [0.2, 0.25) is 18.6 Å². The third-order valence-corrected chi connectivity index (χ3v) is 5.21. The maximum absolute atomic E-state index is 12.3. The number of hydrogen-bond acceptors (Lipinski definition) is 4. The van der Waals surface area contributed by atoms with Crippen molar-refractivity contribution in [3.63, 3.8) is 0 Å². The van der Waals surface area contributed by atoms with E-state index < -0.39 is 0 Å². The Hall–Kier alpha value is -3.28. The molecule has 0 unspecified atom stereocenters. The summed E-state index contributed by atoms with van der Waals surface area (Å²) in [6.45, 7) is 0.612. The molecule has 0 radical (unpaired) electrons. The van der Waals surface area contributed by atoms with Gasteiger partial charge in [-0.15, -0.1) is 0 Å². The number of hydrogen-bond donors (Lipinski definition) is 2. The molecule has 6 heteroatoms. The van der Waals surface area contributed by atoms with Gasteiger partial charge in [-0.2, -0.15) is 0 Å². The molecular formula is C23H24N2O4. The number of benzene rings is 2. The fourth-order valence-electron chi connectivity index (χ4n) is 3.63. The quantitative estimate of drug-likeness (QED) is 0.732. The Balaban J connectivity index is 1.29. The van der Waals surface area contributed by atoms with Gasteiger partial charge in [-0.1, -0.05) is 31.0 Å². The average Bonchev–Trinajstić information content (AvgIpc) is 3.42. The highest BCUT2D eigenvalue weighted by Gasteiger charge is 2.22. The number of carbonyl (C=O) groups excluding carboxylic acids is 2. The summed E-state index contributed by atoms with van der Waals surface area (Å²) >= 11 is 0. The zero-order valence-electron chi connectivity index (χ0n) is 16.1. The van der Waals surface area contributed by atoms with Gasteiger partial charge >= 0.3 is 0 Å². The largest absolute Gasteiger partial charge is 0.454 e. The van der Waals surface area contributed by atoms with Crippen LogP contribution in [0.3, 0.4) is 0 Å². The van der Waals surface area contributed by atoms with E-state index in [2.05, 4.69) is 10.6 Å². The molecule has 1 saturated carbocycles. The number of carbonyl (C=O) groups is 2. The lowest BCUT2D eigenvalue weighted by Gasteiger charge is -2.11. The number of amides is 2. The lowest BCUT2D eigenvalue weighted by Crippen LogP contribution is -2.21. The van der Waals surface area contributed by atoms with Crippen LogP contribution in [0.1, 0.15) is 36.8 Å². The summed E-state index contributed by atoms with van der Waals surface area (Å²) in [5.74, 6) is 1.42. The second-order valence-electron chi connectivity index (χ2n) is 7.33. The topological polar surface area (TPSA) is 76.7 Å². The van der Waals surface area contributed by atoms with Crippen molar-refractivity contribution in [2.45, 2.75) is 32.2 Å². The molecular weight excluding hydrogens is 368 g/mol. The van der Waals surface area contributed by atoms with Crippen molar-refractivity contribution < 1.29 is 19.1 Å². The van der Waals surface area contributed by atoms with E-state index in [9.17, 15) is 9.59 Å². The van der Waals surface area contributed by atoms with E-state index in [1.54, 1.807) is 6.08 Å². The number of ether oxygens (including phenoxy) is 2. The molecule has 2 amide bonds. The first-order chi connectivity index (χ1) is 14.2. The van der Waals surface area contributed by atoms with Crippen LogP contribution in [0.15, 0.2) is 48.5 Å². The Morgan fingerprint density at radius 2 is 1.86 bits per heavy atom. The predicted molar refractivity (Wildman–Crippen MR) is 110 cm³/mol. The average molecular weight is 392 g/mol. The Morgan fingerprint density at radius 1 is 1.03 bits per heavy atom. The summed E-state index contributed by atoms with van der Waals surface area (Å²) in [6.07, 6.45) is 7.42. The molecule has 0 bridgehead atoms. The van der Waals surface area contributed by atoms with Gasteiger partial charge in [0.05, 0.1) is 0 Å². The van der Waals surface area contributed by atoms with Crippen molar-refractivity contribution in [2.24, 2.45) is 5.92 Å². The van der Waals surface area contributed by atoms with Crippen molar-refractivity contribution >= 4 is 23.6 Å². The van der Waals surface area contributed by atoms with Crippen LogP contribution in [0.4, 0.5) is 5.69 Å². The monoisotopic (exact) mass is 392 g/mol. The lowest BCUT2D eigenvalue weighted by atomic mass is 10.1. The van der Waals surface area contributed by atoms with Crippen LogP contribution < -0.4 is 20.1 Å². The Labute approximate surface area is 169 Å². The maximum atomic E-state index is 12.3. The molecule has 150 valence electrons. The smallest absolute Gasteiger partial charge is 0.244 e.